The number of hydrogen-bond donors (Lipinski definition) is 0. The smallest absolute Gasteiger partial charge is 0.333 e. The Morgan fingerprint density at radius 1 is 1.21 bits per heavy atom. The molecule has 0 saturated heterocycles. The van der Waals surface area contributed by atoms with Crippen LogP contribution in [0.2, 0.25) is 0 Å². The minimum atomic E-state index is -0.395. The summed E-state index contributed by atoms with van der Waals surface area (Å²) in [5.74, 6) is -0.469. The molecule has 1 aliphatic rings. The Bertz CT molecular complexity index is 504. The second kappa shape index (κ2) is 9.65. The van der Waals surface area contributed by atoms with Gasteiger partial charge in [0.05, 0.1) is 18.6 Å². The number of unbranched alkanes of at least 4 members (excludes halogenated alkanes) is 1. The highest BCUT2D eigenvalue weighted by molar-refractivity contribution is 5.86. The van der Waals surface area contributed by atoms with Crippen LogP contribution in [0.5, 0.6) is 0 Å². The summed E-state index contributed by atoms with van der Waals surface area (Å²) in [6.07, 6.45) is 6.35. The fraction of sp³-hybridized carbons (Fsp3) is 0.700. The second-order valence-electron chi connectivity index (χ2n) is 7.13. The zero-order chi connectivity index (χ0) is 18.2. The van der Waals surface area contributed by atoms with E-state index in [-0.39, 0.29) is 11.9 Å². The van der Waals surface area contributed by atoms with E-state index in [4.69, 9.17) is 9.47 Å². The van der Waals surface area contributed by atoms with E-state index in [1.54, 1.807) is 6.92 Å². The van der Waals surface area contributed by atoms with Crippen LogP contribution in [0.1, 0.15) is 72.6 Å². The van der Waals surface area contributed by atoms with Crippen molar-refractivity contribution in [1.29, 1.82) is 0 Å². The third-order valence-electron chi connectivity index (χ3n) is 4.64. The first-order valence-electron chi connectivity index (χ1n) is 8.97. The lowest BCUT2D eigenvalue weighted by atomic mass is 9.72. The molecule has 1 rings (SSSR count). The summed E-state index contributed by atoms with van der Waals surface area (Å²) in [6, 6.07) is 0. The van der Waals surface area contributed by atoms with Crippen LogP contribution in [0.15, 0.2) is 23.3 Å². The molecule has 0 saturated carbocycles. The van der Waals surface area contributed by atoms with Gasteiger partial charge in [-0.25, -0.2) is 4.79 Å². The van der Waals surface area contributed by atoms with Gasteiger partial charge in [-0.15, -0.1) is 0 Å². The molecule has 136 valence electrons. The highest BCUT2D eigenvalue weighted by atomic mass is 16.5. The first-order chi connectivity index (χ1) is 11.3. The van der Waals surface area contributed by atoms with E-state index >= 15 is 0 Å². The van der Waals surface area contributed by atoms with Gasteiger partial charge in [0.15, 0.2) is 0 Å². The molecule has 1 unspecified atom stereocenters. The van der Waals surface area contributed by atoms with E-state index in [1.165, 1.54) is 11.1 Å². The Kier molecular flexibility index (Phi) is 8.23. The average Bonchev–Trinajstić information content (AvgIpc) is 2.53. The summed E-state index contributed by atoms with van der Waals surface area (Å²) < 4.78 is 10.5. The minimum absolute atomic E-state index is 0.101. The molecule has 0 amide bonds. The van der Waals surface area contributed by atoms with Crippen molar-refractivity contribution in [3.8, 4) is 0 Å². The molecule has 0 radical (unpaired) electrons. The van der Waals surface area contributed by atoms with Crippen molar-refractivity contribution in [2.75, 3.05) is 13.2 Å². The molecule has 0 aromatic heterocycles. The fourth-order valence-electron chi connectivity index (χ4n) is 3.08. The Labute approximate surface area is 146 Å². The topological polar surface area (TPSA) is 52.6 Å². The number of carbonyl (C=O) groups is 2. The molecule has 0 heterocycles. The number of ether oxygens (including phenoxy) is 2. The molecule has 0 aliphatic heterocycles. The van der Waals surface area contributed by atoms with Crippen LogP contribution in [0.3, 0.4) is 0 Å². The largest absolute Gasteiger partial charge is 0.465 e. The minimum Gasteiger partial charge on any atom is -0.465 e. The lowest BCUT2D eigenvalue weighted by Gasteiger charge is -2.33. The van der Waals surface area contributed by atoms with E-state index in [9.17, 15) is 9.59 Å². The molecule has 0 bridgehead atoms. The second-order valence-corrected chi connectivity index (χ2v) is 7.13. The lowest BCUT2D eigenvalue weighted by molar-refractivity contribution is -0.156. The number of hydrogen-bond acceptors (Lipinski definition) is 4. The van der Waals surface area contributed by atoms with Crippen LogP contribution in [-0.4, -0.2) is 25.2 Å². The van der Waals surface area contributed by atoms with Gasteiger partial charge in [0, 0.05) is 5.57 Å². The highest BCUT2D eigenvalue weighted by Crippen LogP contribution is 2.41. The maximum absolute atomic E-state index is 12.4. The first-order valence-corrected chi connectivity index (χ1v) is 8.97. The quantitative estimate of drug-likeness (QED) is 0.264. The number of allylic oxidation sites excluding steroid dienone is 2. The van der Waals surface area contributed by atoms with Gasteiger partial charge < -0.3 is 9.47 Å². The summed E-state index contributed by atoms with van der Waals surface area (Å²) in [7, 11) is 0. The van der Waals surface area contributed by atoms with Crippen molar-refractivity contribution >= 4 is 11.9 Å². The number of esters is 2. The number of carbonyl (C=O) groups excluding carboxylic acids is 2. The van der Waals surface area contributed by atoms with Crippen molar-refractivity contribution < 1.29 is 19.1 Å². The van der Waals surface area contributed by atoms with E-state index in [2.05, 4.69) is 20.4 Å². The predicted octanol–water partition coefficient (Wildman–Crippen LogP) is 4.74. The summed E-state index contributed by atoms with van der Waals surface area (Å²) >= 11 is 0. The molecular weight excluding hydrogens is 304 g/mol. The van der Waals surface area contributed by atoms with Crippen molar-refractivity contribution in [1.82, 2.24) is 0 Å². The zero-order valence-corrected chi connectivity index (χ0v) is 15.7. The molecule has 0 aromatic carbocycles. The summed E-state index contributed by atoms with van der Waals surface area (Å²) in [4.78, 5) is 23.6. The predicted molar refractivity (Wildman–Crippen MR) is 95.5 cm³/mol. The SMILES string of the molecule is C=C(C)C(=O)OCCCCOC(=O)C1(C)CCC(CCC)=C(C)C1. The van der Waals surface area contributed by atoms with Gasteiger partial charge in [-0.1, -0.05) is 31.1 Å². The van der Waals surface area contributed by atoms with E-state index < -0.39 is 5.41 Å². The normalized spacial score (nSPS) is 20.7. The van der Waals surface area contributed by atoms with E-state index in [0.29, 0.717) is 31.6 Å². The Morgan fingerprint density at radius 2 is 1.83 bits per heavy atom. The van der Waals surface area contributed by atoms with Crippen LogP contribution in [-0.2, 0) is 19.1 Å². The zero-order valence-electron chi connectivity index (χ0n) is 15.7. The van der Waals surface area contributed by atoms with E-state index in [0.717, 1.165) is 32.1 Å². The molecule has 4 nitrogen and oxygen atoms in total. The van der Waals surface area contributed by atoms with Crippen molar-refractivity contribution in [2.24, 2.45) is 5.41 Å². The highest BCUT2D eigenvalue weighted by Gasteiger charge is 2.37. The van der Waals surface area contributed by atoms with Crippen LogP contribution in [0.25, 0.3) is 0 Å². The van der Waals surface area contributed by atoms with E-state index in [1.807, 2.05) is 6.92 Å². The molecule has 1 aliphatic carbocycles. The van der Waals surface area contributed by atoms with Crippen LogP contribution < -0.4 is 0 Å². The standard InChI is InChI=1S/C20H32O4/c1-6-9-17-10-11-20(5,14-16(17)4)19(22)24-13-8-7-12-23-18(21)15(2)3/h2,6-14H2,1,3-5H3. The fourth-order valence-corrected chi connectivity index (χ4v) is 3.08. The maximum Gasteiger partial charge on any atom is 0.333 e. The Balaban J connectivity index is 2.30. The molecule has 0 spiro atoms. The molecule has 24 heavy (non-hydrogen) atoms. The third-order valence-corrected chi connectivity index (χ3v) is 4.64. The van der Waals surface area contributed by atoms with Gasteiger partial charge in [-0.2, -0.15) is 0 Å². The van der Waals surface area contributed by atoms with Gasteiger partial charge in [0.25, 0.3) is 0 Å². The van der Waals surface area contributed by atoms with Gasteiger partial charge >= 0.3 is 11.9 Å². The van der Waals surface area contributed by atoms with Crippen molar-refractivity contribution in [2.45, 2.75) is 72.6 Å². The Morgan fingerprint density at radius 3 is 2.38 bits per heavy atom. The maximum atomic E-state index is 12.4. The molecule has 0 aromatic rings. The van der Waals surface area contributed by atoms with Gasteiger partial charge in [-0.3, -0.25) is 4.79 Å². The van der Waals surface area contributed by atoms with Crippen molar-refractivity contribution in [3.05, 3.63) is 23.3 Å². The molecule has 0 fully saturated rings. The summed E-state index contributed by atoms with van der Waals surface area (Å²) in [5.41, 5.74) is 2.88. The monoisotopic (exact) mass is 336 g/mol. The average molecular weight is 336 g/mol. The summed E-state index contributed by atoms with van der Waals surface area (Å²) in [5, 5.41) is 0. The Hall–Kier alpha value is -1.58. The molecular formula is C20H32O4. The van der Waals surface area contributed by atoms with Gasteiger partial charge in [0.1, 0.15) is 0 Å². The molecule has 1 atom stereocenters. The molecule has 4 heteroatoms. The first kappa shape index (κ1) is 20.5. The number of rotatable bonds is 9. The lowest BCUT2D eigenvalue weighted by Crippen LogP contribution is -2.33. The van der Waals surface area contributed by atoms with Crippen LogP contribution in [0, 0.1) is 5.41 Å². The van der Waals surface area contributed by atoms with Crippen LogP contribution in [0.4, 0.5) is 0 Å². The van der Waals surface area contributed by atoms with Crippen LogP contribution >= 0.6 is 0 Å². The van der Waals surface area contributed by atoms with Crippen molar-refractivity contribution in [3.63, 3.8) is 0 Å². The third kappa shape index (κ3) is 6.14. The van der Waals surface area contributed by atoms with Gasteiger partial charge in [-0.05, 0) is 59.3 Å². The summed E-state index contributed by atoms with van der Waals surface area (Å²) in [6.45, 7) is 12.2. The van der Waals surface area contributed by atoms with Gasteiger partial charge in [0.2, 0.25) is 0 Å². The molecule has 0 N–H and O–H groups in total.